The lowest BCUT2D eigenvalue weighted by Gasteiger charge is -2.33. The van der Waals surface area contributed by atoms with Crippen molar-refractivity contribution < 1.29 is 39.9 Å². The van der Waals surface area contributed by atoms with Crippen LogP contribution in [0.3, 0.4) is 0 Å². The second kappa shape index (κ2) is 4.72. The molecule has 0 aromatic carbocycles. The highest BCUT2D eigenvalue weighted by molar-refractivity contribution is 4.97. The lowest BCUT2D eigenvalue weighted by atomic mass is 10.1. The molecule has 0 amide bonds. The van der Waals surface area contributed by atoms with E-state index >= 15 is 0 Å². The topological polar surface area (TPSA) is 9.23 Å². The fourth-order valence-corrected chi connectivity index (χ4v) is 0.751. The van der Waals surface area contributed by atoms with Crippen molar-refractivity contribution in [1.82, 2.24) is 0 Å². The molecule has 0 aliphatic carbocycles. The molecule has 0 saturated carbocycles. The summed E-state index contributed by atoms with van der Waals surface area (Å²) in [5.74, 6) is 0. The molecule has 0 saturated heterocycles. The second-order valence-corrected chi connectivity index (χ2v) is 2.88. The maximum atomic E-state index is 12.8. The normalized spacial score (nSPS) is 17.6. The molecule has 9 heteroatoms. The van der Waals surface area contributed by atoms with Gasteiger partial charge in [-0.05, 0) is 6.42 Å². The van der Waals surface area contributed by atoms with Crippen LogP contribution in [0.5, 0.6) is 0 Å². The number of rotatable bonds is 5. The van der Waals surface area contributed by atoms with Gasteiger partial charge in [0.1, 0.15) is 0 Å². The third kappa shape index (κ3) is 2.55. The summed E-state index contributed by atoms with van der Waals surface area (Å²) in [5, 5.41) is 0. The quantitative estimate of drug-likeness (QED) is 0.687. The van der Waals surface area contributed by atoms with Crippen molar-refractivity contribution in [2.45, 2.75) is 37.7 Å². The molecular weight excluding hydrogens is 252 g/mol. The number of ether oxygens (including phenoxy) is 1. The standard InChI is InChI=1S/C7H8F8O/c1-2-3-16-7(14,15)5(10,4(8)9)6(11,12)13/h4H,2-3H2,1H3. The fraction of sp³-hybridized carbons (Fsp3) is 1.00. The van der Waals surface area contributed by atoms with E-state index in [0.717, 1.165) is 0 Å². The van der Waals surface area contributed by atoms with Crippen LogP contribution in [-0.2, 0) is 4.74 Å². The van der Waals surface area contributed by atoms with Gasteiger partial charge in [0.2, 0.25) is 0 Å². The van der Waals surface area contributed by atoms with Crippen molar-refractivity contribution in [2.24, 2.45) is 0 Å². The molecule has 0 fully saturated rings. The highest BCUT2D eigenvalue weighted by Gasteiger charge is 2.78. The van der Waals surface area contributed by atoms with E-state index in [9.17, 15) is 35.1 Å². The van der Waals surface area contributed by atoms with Gasteiger partial charge >= 0.3 is 18.0 Å². The minimum absolute atomic E-state index is 0.174. The van der Waals surface area contributed by atoms with Crippen molar-refractivity contribution in [3.8, 4) is 0 Å². The summed E-state index contributed by atoms with van der Waals surface area (Å²) in [4.78, 5) is 0. The first-order valence-corrected chi connectivity index (χ1v) is 4.06. The summed E-state index contributed by atoms with van der Waals surface area (Å²) in [6.45, 7) is 0.271. The lowest BCUT2D eigenvalue weighted by Crippen LogP contribution is -2.61. The van der Waals surface area contributed by atoms with Gasteiger partial charge in [0.25, 0.3) is 6.43 Å². The Kier molecular flexibility index (Phi) is 4.55. The van der Waals surface area contributed by atoms with Crippen LogP contribution in [0.15, 0.2) is 0 Å². The summed E-state index contributed by atoms with van der Waals surface area (Å²) in [6, 6.07) is 0. The third-order valence-corrected chi connectivity index (χ3v) is 1.62. The van der Waals surface area contributed by atoms with Crippen molar-refractivity contribution in [1.29, 1.82) is 0 Å². The second-order valence-electron chi connectivity index (χ2n) is 2.88. The van der Waals surface area contributed by atoms with E-state index in [-0.39, 0.29) is 6.42 Å². The Hall–Kier alpha value is -0.600. The zero-order chi connectivity index (χ0) is 13.2. The highest BCUT2D eigenvalue weighted by Crippen LogP contribution is 2.49. The van der Waals surface area contributed by atoms with Gasteiger partial charge in [0, 0.05) is 0 Å². The van der Waals surface area contributed by atoms with E-state index in [1.54, 1.807) is 0 Å². The van der Waals surface area contributed by atoms with Crippen LogP contribution >= 0.6 is 0 Å². The van der Waals surface area contributed by atoms with Gasteiger partial charge in [-0.25, -0.2) is 13.2 Å². The van der Waals surface area contributed by atoms with E-state index < -0.39 is 31.0 Å². The average Bonchev–Trinajstić information content (AvgIpc) is 2.11. The van der Waals surface area contributed by atoms with Gasteiger partial charge in [-0.1, -0.05) is 6.92 Å². The van der Waals surface area contributed by atoms with Crippen LogP contribution in [0.2, 0.25) is 0 Å². The lowest BCUT2D eigenvalue weighted by molar-refractivity contribution is -0.406. The van der Waals surface area contributed by atoms with Crippen LogP contribution in [0.1, 0.15) is 13.3 Å². The Morgan fingerprint density at radius 1 is 1.00 bits per heavy atom. The molecule has 0 radical (unpaired) electrons. The smallest absolute Gasteiger partial charge is 0.317 e. The van der Waals surface area contributed by atoms with Gasteiger partial charge in [-0.3, -0.25) is 0 Å². The first kappa shape index (κ1) is 15.4. The van der Waals surface area contributed by atoms with Gasteiger partial charge in [0.15, 0.2) is 0 Å². The molecule has 0 spiro atoms. The summed E-state index contributed by atoms with van der Waals surface area (Å²) >= 11 is 0. The Bertz CT molecular complexity index is 225. The first-order valence-electron chi connectivity index (χ1n) is 4.06. The van der Waals surface area contributed by atoms with Crippen LogP contribution in [0, 0.1) is 0 Å². The predicted molar refractivity (Wildman–Crippen MR) is 37.1 cm³/mol. The fourth-order valence-electron chi connectivity index (χ4n) is 0.751. The Morgan fingerprint density at radius 2 is 1.44 bits per heavy atom. The Labute approximate surface area is 85.4 Å². The molecule has 16 heavy (non-hydrogen) atoms. The van der Waals surface area contributed by atoms with Crippen molar-refractivity contribution in [3.05, 3.63) is 0 Å². The predicted octanol–water partition coefficient (Wildman–Crippen LogP) is 3.54. The van der Waals surface area contributed by atoms with Gasteiger partial charge < -0.3 is 4.74 Å². The van der Waals surface area contributed by atoms with Crippen molar-refractivity contribution in [3.63, 3.8) is 0 Å². The molecule has 98 valence electrons. The molecule has 0 aliphatic heterocycles. The first-order chi connectivity index (χ1) is 7.00. The van der Waals surface area contributed by atoms with Crippen LogP contribution in [0.25, 0.3) is 0 Å². The molecular formula is C7H8F8O. The largest absolute Gasteiger partial charge is 0.437 e. The summed E-state index contributed by atoms with van der Waals surface area (Å²) in [6.07, 6.45) is -17.2. The minimum atomic E-state index is -6.43. The molecule has 0 bridgehead atoms. The molecule has 0 N–H and O–H groups in total. The van der Waals surface area contributed by atoms with E-state index in [1.807, 2.05) is 0 Å². The maximum absolute atomic E-state index is 12.8. The molecule has 0 rings (SSSR count). The number of alkyl halides is 8. The monoisotopic (exact) mass is 260 g/mol. The minimum Gasteiger partial charge on any atom is -0.317 e. The van der Waals surface area contributed by atoms with Crippen LogP contribution < -0.4 is 0 Å². The highest BCUT2D eigenvalue weighted by atomic mass is 19.4. The van der Waals surface area contributed by atoms with Gasteiger partial charge in [-0.15, -0.1) is 0 Å². The average molecular weight is 260 g/mol. The molecule has 1 nitrogen and oxygen atoms in total. The van der Waals surface area contributed by atoms with E-state index in [1.165, 1.54) is 6.92 Å². The molecule has 1 unspecified atom stereocenters. The zero-order valence-corrected chi connectivity index (χ0v) is 7.92. The molecule has 0 heterocycles. The number of hydrogen-bond donors (Lipinski definition) is 0. The zero-order valence-electron chi connectivity index (χ0n) is 7.92. The SMILES string of the molecule is CCCOC(F)(F)C(F)(C(F)F)C(F)(F)F. The van der Waals surface area contributed by atoms with E-state index in [0.29, 0.717) is 0 Å². The number of halogens is 8. The summed E-state index contributed by atoms with van der Waals surface area (Å²) < 4.78 is 100. The molecule has 0 aliphatic rings. The third-order valence-electron chi connectivity index (χ3n) is 1.62. The molecule has 0 aromatic heterocycles. The van der Waals surface area contributed by atoms with Crippen LogP contribution in [0.4, 0.5) is 35.1 Å². The maximum Gasteiger partial charge on any atom is 0.437 e. The Balaban J connectivity index is 5.19. The Morgan fingerprint density at radius 3 is 1.69 bits per heavy atom. The number of hydrogen-bond acceptors (Lipinski definition) is 1. The van der Waals surface area contributed by atoms with Gasteiger partial charge in [-0.2, -0.15) is 22.0 Å². The van der Waals surface area contributed by atoms with Crippen molar-refractivity contribution in [2.75, 3.05) is 6.61 Å². The van der Waals surface area contributed by atoms with Crippen LogP contribution in [-0.4, -0.2) is 31.0 Å². The summed E-state index contributed by atoms with van der Waals surface area (Å²) in [7, 11) is 0. The van der Waals surface area contributed by atoms with Crippen molar-refractivity contribution >= 4 is 0 Å². The van der Waals surface area contributed by atoms with E-state index in [4.69, 9.17) is 0 Å². The van der Waals surface area contributed by atoms with Gasteiger partial charge in [0.05, 0.1) is 6.61 Å². The van der Waals surface area contributed by atoms with E-state index in [2.05, 4.69) is 4.74 Å². The summed E-state index contributed by atoms with van der Waals surface area (Å²) in [5.41, 5.74) is -6.00. The molecule has 0 aromatic rings. The molecule has 1 atom stereocenters.